The smallest absolute Gasteiger partial charge is 0.112 e. The Labute approximate surface area is 118 Å². The first-order valence-corrected chi connectivity index (χ1v) is 6.95. The summed E-state index contributed by atoms with van der Waals surface area (Å²) in [5.41, 5.74) is 7.63. The van der Waals surface area contributed by atoms with Crippen molar-refractivity contribution in [2.45, 2.75) is 32.4 Å². The zero-order valence-electron chi connectivity index (χ0n) is 11.4. The van der Waals surface area contributed by atoms with Crippen molar-refractivity contribution >= 4 is 22.6 Å². The summed E-state index contributed by atoms with van der Waals surface area (Å²) in [6.45, 7) is 3.53. The van der Waals surface area contributed by atoms with Crippen molar-refractivity contribution in [3.8, 4) is 0 Å². The first-order valence-electron chi connectivity index (χ1n) is 6.57. The predicted octanol–water partition coefficient (Wildman–Crippen LogP) is 2.62. The van der Waals surface area contributed by atoms with Gasteiger partial charge in [-0.25, -0.2) is 4.98 Å². The molecule has 0 aliphatic carbocycles. The number of rotatable bonds is 6. The number of halogens is 1. The summed E-state index contributed by atoms with van der Waals surface area (Å²) >= 11 is 6.30. The Morgan fingerprint density at radius 2 is 2.26 bits per heavy atom. The summed E-state index contributed by atoms with van der Waals surface area (Å²) in [5, 5.41) is 0.742. The number of aromatic nitrogens is 2. The zero-order chi connectivity index (χ0) is 13.8. The lowest BCUT2D eigenvalue weighted by Gasteiger charge is -2.14. The van der Waals surface area contributed by atoms with Crippen LogP contribution in [0.2, 0.25) is 5.02 Å². The second kappa shape index (κ2) is 6.37. The van der Waals surface area contributed by atoms with E-state index in [1.165, 1.54) is 0 Å². The first kappa shape index (κ1) is 14.3. The number of fused-ring (bicyclic) bond motifs is 1. The largest absolute Gasteiger partial charge is 0.380 e. The third kappa shape index (κ3) is 2.91. The van der Waals surface area contributed by atoms with Crippen LogP contribution in [0.15, 0.2) is 18.2 Å². The Kier molecular flexibility index (Phi) is 4.80. The molecule has 0 saturated carbocycles. The highest BCUT2D eigenvalue weighted by Gasteiger charge is 2.16. The van der Waals surface area contributed by atoms with E-state index in [9.17, 15) is 0 Å². The number of nitrogens with two attached hydrogens (primary N) is 1. The molecule has 0 amide bonds. The molecule has 0 aliphatic heterocycles. The lowest BCUT2D eigenvalue weighted by Crippen LogP contribution is -2.26. The van der Waals surface area contributed by atoms with Gasteiger partial charge in [0.2, 0.25) is 0 Å². The fraction of sp³-hybridized carbons (Fsp3) is 0.500. The van der Waals surface area contributed by atoms with E-state index in [0.29, 0.717) is 13.0 Å². The molecule has 0 aliphatic rings. The predicted molar refractivity (Wildman–Crippen MR) is 78.6 cm³/mol. The number of aryl methyl sites for hydroxylation is 1. The van der Waals surface area contributed by atoms with Gasteiger partial charge in [0.15, 0.2) is 0 Å². The SMILES string of the molecule is CCCn1c(CC(CN)OC)nc2cccc(Cl)c21. The minimum atomic E-state index is -0.00815. The second-order valence-corrected chi connectivity index (χ2v) is 4.99. The van der Waals surface area contributed by atoms with Gasteiger partial charge in [0.05, 0.1) is 22.2 Å². The lowest BCUT2D eigenvalue weighted by atomic mass is 10.2. The van der Waals surface area contributed by atoms with Gasteiger partial charge in [0, 0.05) is 26.6 Å². The number of hydrogen-bond donors (Lipinski definition) is 1. The highest BCUT2D eigenvalue weighted by Crippen LogP contribution is 2.25. The van der Waals surface area contributed by atoms with Crippen molar-refractivity contribution in [3.63, 3.8) is 0 Å². The molecule has 2 aromatic rings. The minimum absolute atomic E-state index is 0.00815. The van der Waals surface area contributed by atoms with E-state index < -0.39 is 0 Å². The Hall–Kier alpha value is -1.10. The van der Waals surface area contributed by atoms with Crippen LogP contribution >= 0.6 is 11.6 Å². The molecule has 0 bridgehead atoms. The van der Waals surface area contributed by atoms with Gasteiger partial charge < -0.3 is 15.0 Å². The number of imidazole rings is 1. The van der Waals surface area contributed by atoms with Crippen LogP contribution in [0.5, 0.6) is 0 Å². The number of ether oxygens (including phenoxy) is 1. The van der Waals surface area contributed by atoms with Crippen molar-refractivity contribution < 1.29 is 4.74 Å². The molecule has 104 valence electrons. The maximum Gasteiger partial charge on any atom is 0.112 e. The van der Waals surface area contributed by atoms with E-state index >= 15 is 0 Å². The van der Waals surface area contributed by atoms with Crippen molar-refractivity contribution in [1.82, 2.24) is 9.55 Å². The highest BCUT2D eigenvalue weighted by atomic mass is 35.5. The third-order valence-corrected chi connectivity index (χ3v) is 3.56. The Balaban J connectivity index is 2.47. The van der Waals surface area contributed by atoms with E-state index in [0.717, 1.165) is 34.8 Å². The molecule has 0 radical (unpaired) electrons. The minimum Gasteiger partial charge on any atom is -0.380 e. The number of methoxy groups -OCH3 is 1. The monoisotopic (exact) mass is 281 g/mol. The van der Waals surface area contributed by atoms with Gasteiger partial charge >= 0.3 is 0 Å². The fourth-order valence-corrected chi connectivity index (χ4v) is 2.55. The second-order valence-electron chi connectivity index (χ2n) is 4.58. The summed E-state index contributed by atoms with van der Waals surface area (Å²) in [6.07, 6.45) is 1.73. The van der Waals surface area contributed by atoms with Crippen LogP contribution in [0.3, 0.4) is 0 Å². The zero-order valence-corrected chi connectivity index (χ0v) is 12.2. The summed E-state index contributed by atoms with van der Waals surface area (Å²) in [7, 11) is 1.68. The Morgan fingerprint density at radius 1 is 1.47 bits per heavy atom. The average Bonchev–Trinajstić information content (AvgIpc) is 2.76. The molecule has 1 heterocycles. The Bertz CT molecular complexity index is 549. The topological polar surface area (TPSA) is 53.1 Å². The fourth-order valence-electron chi connectivity index (χ4n) is 2.28. The molecular formula is C14H20ClN3O. The normalized spacial score (nSPS) is 13.1. The third-order valence-electron chi connectivity index (χ3n) is 3.25. The van der Waals surface area contributed by atoms with Crippen LogP contribution < -0.4 is 5.73 Å². The quantitative estimate of drug-likeness (QED) is 0.885. The van der Waals surface area contributed by atoms with Gasteiger partial charge in [-0.1, -0.05) is 24.6 Å². The van der Waals surface area contributed by atoms with E-state index in [1.54, 1.807) is 7.11 Å². The number of para-hydroxylation sites is 1. The first-order chi connectivity index (χ1) is 9.21. The summed E-state index contributed by atoms with van der Waals surface area (Å²) in [4.78, 5) is 4.67. The van der Waals surface area contributed by atoms with Crippen LogP contribution in [0, 0.1) is 0 Å². The van der Waals surface area contributed by atoms with Crippen molar-refractivity contribution in [2.75, 3.05) is 13.7 Å². The van der Waals surface area contributed by atoms with Crippen molar-refractivity contribution in [3.05, 3.63) is 29.0 Å². The molecule has 19 heavy (non-hydrogen) atoms. The van der Waals surface area contributed by atoms with Gasteiger partial charge in [0.25, 0.3) is 0 Å². The number of benzene rings is 1. The molecule has 0 spiro atoms. The molecule has 5 heteroatoms. The van der Waals surface area contributed by atoms with Crippen LogP contribution in [-0.4, -0.2) is 29.3 Å². The van der Waals surface area contributed by atoms with E-state index in [2.05, 4.69) is 16.5 Å². The lowest BCUT2D eigenvalue weighted by molar-refractivity contribution is 0.107. The van der Waals surface area contributed by atoms with Crippen LogP contribution in [0.1, 0.15) is 19.2 Å². The molecule has 1 aromatic carbocycles. The molecule has 0 saturated heterocycles. The molecule has 4 nitrogen and oxygen atoms in total. The van der Waals surface area contributed by atoms with Crippen LogP contribution in [0.25, 0.3) is 11.0 Å². The maximum atomic E-state index is 6.30. The molecule has 2 N–H and O–H groups in total. The summed E-state index contributed by atoms with van der Waals surface area (Å²) < 4.78 is 7.53. The highest BCUT2D eigenvalue weighted by molar-refractivity contribution is 6.35. The standard InChI is InChI=1S/C14H20ClN3O/c1-3-7-18-13(8-10(9-16)19-2)17-12-6-4-5-11(15)14(12)18/h4-6,10H,3,7-9,16H2,1-2H3. The van der Waals surface area contributed by atoms with Gasteiger partial charge in [-0.3, -0.25) is 0 Å². The molecule has 1 unspecified atom stereocenters. The molecule has 1 aromatic heterocycles. The number of nitrogens with zero attached hydrogens (tertiary/aromatic N) is 2. The maximum absolute atomic E-state index is 6.30. The van der Waals surface area contributed by atoms with E-state index in [-0.39, 0.29) is 6.10 Å². The number of hydrogen-bond acceptors (Lipinski definition) is 3. The van der Waals surface area contributed by atoms with Crippen LogP contribution in [0.4, 0.5) is 0 Å². The van der Waals surface area contributed by atoms with Crippen molar-refractivity contribution in [1.29, 1.82) is 0 Å². The van der Waals surface area contributed by atoms with E-state index in [4.69, 9.17) is 22.1 Å². The average molecular weight is 282 g/mol. The van der Waals surface area contributed by atoms with Gasteiger partial charge in [-0.2, -0.15) is 0 Å². The molecule has 2 rings (SSSR count). The van der Waals surface area contributed by atoms with Crippen molar-refractivity contribution in [2.24, 2.45) is 5.73 Å². The summed E-state index contributed by atoms with van der Waals surface area (Å²) in [6, 6.07) is 5.81. The molecule has 0 fully saturated rings. The van der Waals surface area contributed by atoms with Gasteiger partial charge in [-0.15, -0.1) is 0 Å². The van der Waals surface area contributed by atoms with Gasteiger partial charge in [-0.05, 0) is 18.6 Å². The molecule has 1 atom stereocenters. The van der Waals surface area contributed by atoms with E-state index in [1.807, 2.05) is 18.2 Å². The molecular weight excluding hydrogens is 262 g/mol. The van der Waals surface area contributed by atoms with Crippen LogP contribution in [-0.2, 0) is 17.7 Å². The Morgan fingerprint density at radius 3 is 2.89 bits per heavy atom. The van der Waals surface area contributed by atoms with Gasteiger partial charge in [0.1, 0.15) is 5.82 Å². The summed E-state index contributed by atoms with van der Waals surface area (Å²) in [5.74, 6) is 0.988.